The van der Waals surface area contributed by atoms with Gasteiger partial charge < -0.3 is 19.8 Å². The number of pyridine rings is 1. The minimum atomic E-state index is -0.164. The van der Waals surface area contributed by atoms with Crippen molar-refractivity contribution in [1.29, 1.82) is 0 Å². The van der Waals surface area contributed by atoms with Crippen LogP contribution in [-0.4, -0.2) is 18.3 Å². The normalized spacial score (nSPS) is 11.6. The smallest absolute Gasteiger partial charge is 0.297 e. The molecule has 0 aliphatic heterocycles. The van der Waals surface area contributed by atoms with Crippen molar-refractivity contribution in [2.24, 2.45) is 0 Å². The zero-order valence-electron chi connectivity index (χ0n) is 21.2. The summed E-state index contributed by atoms with van der Waals surface area (Å²) in [5, 5.41) is 0.849. The Kier molecular flexibility index (Phi) is 11.1. The molecule has 0 aliphatic carbocycles. The Morgan fingerprint density at radius 3 is 2.45 bits per heavy atom. The number of unbranched alkanes of at least 4 members (excludes halogenated alkanes) is 5. The molecule has 0 amide bonds. The van der Waals surface area contributed by atoms with Gasteiger partial charge in [-0.2, -0.15) is 0 Å². The first kappa shape index (κ1) is 26.6. The molecule has 0 atom stereocenters. The number of nitrogen functional groups attached to an aromatic ring is 1. The Bertz CT molecular complexity index is 1010. The predicted octanol–water partition coefficient (Wildman–Crippen LogP) is 7.02. The predicted molar refractivity (Wildman–Crippen MR) is 140 cm³/mol. The van der Waals surface area contributed by atoms with Gasteiger partial charge in [-0.1, -0.05) is 56.3 Å². The van der Waals surface area contributed by atoms with Gasteiger partial charge in [0.05, 0.1) is 12.6 Å². The molecule has 33 heavy (non-hydrogen) atoms. The first-order valence-corrected chi connectivity index (χ1v) is 12.3. The van der Waals surface area contributed by atoms with Crippen LogP contribution in [0.25, 0.3) is 10.9 Å². The largest absolute Gasteiger partial charge is 0.488 e. The third kappa shape index (κ3) is 7.99. The van der Waals surface area contributed by atoms with E-state index >= 15 is 0 Å². The Hall–Kier alpha value is -2.69. The minimum absolute atomic E-state index is 0.164. The summed E-state index contributed by atoms with van der Waals surface area (Å²) in [6, 6.07) is 5.63. The number of anilines is 1. The summed E-state index contributed by atoms with van der Waals surface area (Å²) in [7, 11) is 1.53. The summed E-state index contributed by atoms with van der Waals surface area (Å²) in [5.74, 6) is 0.749. The lowest BCUT2D eigenvalue weighted by molar-refractivity contribution is 0.324. The Balaban J connectivity index is 2.26. The van der Waals surface area contributed by atoms with Crippen LogP contribution < -0.4 is 20.8 Å². The van der Waals surface area contributed by atoms with E-state index < -0.39 is 0 Å². The molecule has 5 heteroatoms. The molecule has 0 aliphatic rings. The second-order valence-corrected chi connectivity index (χ2v) is 9.05. The van der Waals surface area contributed by atoms with Crippen LogP contribution in [0.2, 0.25) is 0 Å². The molecule has 1 aromatic heterocycles. The molecule has 2 N–H and O–H groups in total. The van der Waals surface area contributed by atoms with E-state index in [9.17, 15) is 4.79 Å². The fraction of sp³-hybridized carbons (Fsp3) is 0.536. The van der Waals surface area contributed by atoms with Crippen LogP contribution in [0.5, 0.6) is 11.5 Å². The zero-order chi connectivity index (χ0) is 24.2. The first-order chi connectivity index (χ1) is 15.9. The molecule has 0 bridgehead atoms. The highest BCUT2D eigenvalue weighted by Gasteiger charge is 2.19. The minimum Gasteiger partial charge on any atom is -0.488 e. The fourth-order valence-electron chi connectivity index (χ4n) is 3.97. The van der Waals surface area contributed by atoms with E-state index in [2.05, 4.69) is 39.8 Å². The lowest BCUT2D eigenvalue weighted by Gasteiger charge is -2.17. The average Bonchev–Trinajstić information content (AvgIpc) is 2.77. The molecule has 0 saturated heterocycles. The highest BCUT2D eigenvalue weighted by atomic mass is 16.5. The highest BCUT2D eigenvalue weighted by molar-refractivity contribution is 5.90. The van der Waals surface area contributed by atoms with Crippen molar-refractivity contribution in [1.82, 2.24) is 4.57 Å². The van der Waals surface area contributed by atoms with Gasteiger partial charge in [-0.3, -0.25) is 4.79 Å². The zero-order valence-corrected chi connectivity index (χ0v) is 21.2. The summed E-state index contributed by atoms with van der Waals surface area (Å²) in [5.41, 5.74) is 9.93. The van der Waals surface area contributed by atoms with Gasteiger partial charge in [-0.05, 0) is 64.3 Å². The summed E-state index contributed by atoms with van der Waals surface area (Å²) in [4.78, 5) is 13.3. The molecule has 182 valence electrons. The van der Waals surface area contributed by atoms with Crippen molar-refractivity contribution in [2.75, 3.05) is 19.5 Å². The monoisotopic (exact) mass is 454 g/mol. The number of aromatic nitrogens is 1. The first-order valence-electron chi connectivity index (χ1n) is 12.3. The summed E-state index contributed by atoms with van der Waals surface area (Å²) >= 11 is 0. The number of nitrogens with two attached hydrogens (primary N) is 1. The molecule has 0 spiro atoms. The average molecular weight is 455 g/mol. The number of hydrogen-bond donors (Lipinski definition) is 1. The van der Waals surface area contributed by atoms with Crippen molar-refractivity contribution in [3.8, 4) is 11.5 Å². The van der Waals surface area contributed by atoms with Crippen molar-refractivity contribution >= 4 is 16.6 Å². The number of aryl methyl sites for hydroxylation is 1. The molecule has 0 saturated carbocycles. The van der Waals surface area contributed by atoms with E-state index in [1.54, 1.807) is 4.57 Å². The number of methoxy groups -OCH3 is 1. The van der Waals surface area contributed by atoms with Crippen molar-refractivity contribution in [3.63, 3.8) is 0 Å². The van der Waals surface area contributed by atoms with Crippen LogP contribution in [-0.2, 0) is 6.54 Å². The Labute approximate surface area is 199 Å². The molecular formula is C28H42N2O3. The lowest BCUT2D eigenvalue weighted by Crippen LogP contribution is -2.23. The van der Waals surface area contributed by atoms with Crippen molar-refractivity contribution in [3.05, 3.63) is 51.9 Å². The quantitative estimate of drug-likeness (QED) is 0.189. The third-order valence-corrected chi connectivity index (χ3v) is 5.89. The standard InChI is InChI=1S/C28H42N2O3/c1-6-7-8-9-10-11-18-30-25-20-23(29)15-16-24(25)26(27(32-5)28(30)31)33-19-17-22(4)14-12-13-21(2)3/h13,15-17,20H,6-12,14,18-19,29H2,1-5H3/b22-17+. The summed E-state index contributed by atoms with van der Waals surface area (Å²) in [6.45, 7) is 9.58. The molecule has 5 nitrogen and oxygen atoms in total. The van der Waals surface area contributed by atoms with Gasteiger partial charge in [0.25, 0.3) is 5.56 Å². The van der Waals surface area contributed by atoms with Gasteiger partial charge in [0.1, 0.15) is 6.61 Å². The molecule has 2 aromatic rings. The molecule has 1 aromatic carbocycles. The summed E-state index contributed by atoms with van der Waals surface area (Å²) < 4.78 is 13.4. The Morgan fingerprint density at radius 1 is 1.03 bits per heavy atom. The van der Waals surface area contributed by atoms with Crippen LogP contribution in [0.1, 0.15) is 79.1 Å². The van der Waals surface area contributed by atoms with Crippen LogP contribution in [0.3, 0.4) is 0 Å². The number of nitrogens with zero attached hydrogens (tertiary/aromatic N) is 1. The van der Waals surface area contributed by atoms with Gasteiger partial charge in [0.2, 0.25) is 5.75 Å². The second-order valence-electron chi connectivity index (χ2n) is 9.05. The second kappa shape index (κ2) is 13.8. The maximum Gasteiger partial charge on any atom is 0.297 e. The number of rotatable bonds is 14. The molecule has 2 rings (SSSR count). The van der Waals surface area contributed by atoms with E-state index in [4.69, 9.17) is 15.2 Å². The van der Waals surface area contributed by atoms with Gasteiger partial charge in [-0.25, -0.2) is 0 Å². The van der Waals surface area contributed by atoms with Crippen LogP contribution >= 0.6 is 0 Å². The SMILES string of the molecule is CCCCCCCCn1c(=O)c(OC)c(OC/C=C(\C)CCC=C(C)C)c2ccc(N)cc21. The highest BCUT2D eigenvalue weighted by Crippen LogP contribution is 2.34. The van der Waals surface area contributed by atoms with Crippen LogP contribution in [0.4, 0.5) is 5.69 Å². The van der Waals surface area contributed by atoms with E-state index in [1.165, 1.54) is 43.9 Å². The maximum atomic E-state index is 13.3. The van der Waals surface area contributed by atoms with Crippen LogP contribution in [0, 0.1) is 0 Å². The number of benzene rings is 1. The fourth-order valence-corrected chi connectivity index (χ4v) is 3.97. The van der Waals surface area contributed by atoms with Gasteiger partial charge in [0, 0.05) is 17.6 Å². The van der Waals surface area contributed by atoms with Crippen LogP contribution in [0.15, 0.2) is 46.3 Å². The molecule has 0 fully saturated rings. The summed E-state index contributed by atoms with van der Waals surface area (Å²) in [6.07, 6.45) is 13.3. The van der Waals surface area contributed by atoms with E-state index in [0.717, 1.165) is 36.6 Å². The molecule has 0 radical (unpaired) electrons. The Morgan fingerprint density at radius 2 is 1.76 bits per heavy atom. The maximum absolute atomic E-state index is 13.3. The van der Waals surface area contributed by atoms with Gasteiger partial charge in [0.15, 0.2) is 5.75 Å². The number of hydrogen-bond acceptors (Lipinski definition) is 4. The number of allylic oxidation sites excluding steroid dienone is 3. The molecule has 1 heterocycles. The number of ether oxygens (including phenoxy) is 2. The molecular weight excluding hydrogens is 412 g/mol. The van der Waals surface area contributed by atoms with E-state index in [-0.39, 0.29) is 11.3 Å². The molecule has 0 unspecified atom stereocenters. The topological polar surface area (TPSA) is 66.5 Å². The van der Waals surface area contributed by atoms with Gasteiger partial charge >= 0.3 is 0 Å². The van der Waals surface area contributed by atoms with Crippen molar-refractivity contribution in [2.45, 2.75) is 85.6 Å². The lowest BCUT2D eigenvalue weighted by atomic mass is 10.1. The third-order valence-electron chi connectivity index (χ3n) is 5.89. The van der Waals surface area contributed by atoms with Crippen molar-refractivity contribution < 1.29 is 9.47 Å². The van der Waals surface area contributed by atoms with E-state index in [1.807, 2.05) is 18.2 Å². The number of fused-ring (bicyclic) bond motifs is 1. The van der Waals surface area contributed by atoms with E-state index in [0.29, 0.717) is 24.6 Å². The van der Waals surface area contributed by atoms with Gasteiger partial charge in [-0.15, -0.1) is 0 Å².